The van der Waals surface area contributed by atoms with Crippen LogP contribution >= 0.6 is 15.9 Å². The highest BCUT2D eigenvalue weighted by Crippen LogP contribution is 2.31. The normalized spacial score (nSPS) is 22.5. The molecule has 5 heteroatoms. The van der Waals surface area contributed by atoms with Gasteiger partial charge in [-0.05, 0) is 61.1 Å². The zero-order chi connectivity index (χ0) is 15.2. The van der Waals surface area contributed by atoms with E-state index in [0.717, 1.165) is 28.8 Å². The van der Waals surface area contributed by atoms with Gasteiger partial charge in [-0.25, -0.2) is 9.97 Å². The van der Waals surface area contributed by atoms with Gasteiger partial charge < -0.3 is 9.80 Å². The van der Waals surface area contributed by atoms with Crippen molar-refractivity contribution < 1.29 is 0 Å². The van der Waals surface area contributed by atoms with Gasteiger partial charge in [0.15, 0.2) is 0 Å². The molecule has 0 unspecified atom stereocenters. The molecule has 1 aromatic heterocycles. The summed E-state index contributed by atoms with van der Waals surface area (Å²) in [4.78, 5) is 13.2. The summed E-state index contributed by atoms with van der Waals surface area (Å²) in [5, 5.41) is 0. The fraction of sp³-hybridized carbons (Fsp3) is 0.750. The largest absolute Gasteiger partial charge is 0.344 e. The molecule has 0 aromatic carbocycles. The average molecular weight is 355 g/mol. The second-order valence-corrected chi connectivity index (χ2v) is 7.48. The van der Waals surface area contributed by atoms with Crippen LogP contribution < -0.4 is 4.90 Å². The van der Waals surface area contributed by atoms with Gasteiger partial charge in [-0.3, -0.25) is 0 Å². The smallest absolute Gasteiger partial charge is 0.225 e. The molecule has 0 saturated heterocycles. The molecule has 0 N–H and O–H groups in total. The summed E-state index contributed by atoms with van der Waals surface area (Å²) in [6.45, 7) is 2.30. The fourth-order valence-corrected chi connectivity index (χ4v) is 3.40. The first-order chi connectivity index (χ1) is 10.0. The Morgan fingerprint density at radius 3 is 2.19 bits per heavy atom. The van der Waals surface area contributed by atoms with Gasteiger partial charge in [-0.2, -0.15) is 0 Å². The molecule has 1 aliphatic rings. The van der Waals surface area contributed by atoms with Gasteiger partial charge in [-0.1, -0.05) is 12.8 Å². The molecular formula is C16H27BrN4. The van der Waals surface area contributed by atoms with E-state index in [-0.39, 0.29) is 0 Å². The second kappa shape index (κ2) is 8.08. The Labute approximate surface area is 137 Å². The molecule has 118 valence electrons. The van der Waals surface area contributed by atoms with Crippen LogP contribution in [0.1, 0.15) is 32.1 Å². The Hall–Kier alpha value is -0.680. The number of hydrogen-bond donors (Lipinski definition) is 0. The molecule has 1 heterocycles. The topological polar surface area (TPSA) is 32.3 Å². The summed E-state index contributed by atoms with van der Waals surface area (Å²) in [6, 6.07) is 0. The molecule has 2 rings (SSSR count). The van der Waals surface area contributed by atoms with Crippen molar-refractivity contribution in [3.63, 3.8) is 0 Å². The molecule has 21 heavy (non-hydrogen) atoms. The Balaban J connectivity index is 1.70. The van der Waals surface area contributed by atoms with Crippen molar-refractivity contribution >= 4 is 21.9 Å². The number of rotatable bonds is 6. The zero-order valence-electron chi connectivity index (χ0n) is 13.4. The molecule has 0 radical (unpaired) electrons. The maximum Gasteiger partial charge on any atom is 0.225 e. The first-order valence-corrected chi connectivity index (χ1v) is 8.67. The van der Waals surface area contributed by atoms with Crippen LogP contribution in [0.3, 0.4) is 0 Å². The van der Waals surface area contributed by atoms with Crippen LogP contribution in [-0.2, 0) is 0 Å². The lowest BCUT2D eigenvalue weighted by Crippen LogP contribution is -2.28. The molecule has 0 spiro atoms. The number of halogens is 1. The van der Waals surface area contributed by atoms with Crippen LogP contribution in [0.25, 0.3) is 0 Å². The zero-order valence-corrected chi connectivity index (χ0v) is 15.0. The van der Waals surface area contributed by atoms with Crippen LogP contribution in [0.15, 0.2) is 16.9 Å². The average Bonchev–Trinajstić information content (AvgIpc) is 2.46. The Morgan fingerprint density at radius 1 is 1.05 bits per heavy atom. The quantitative estimate of drug-likeness (QED) is 0.783. The van der Waals surface area contributed by atoms with Crippen molar-refractivity contribution in [3.05, 3.63) is 16.9 Å². The first-order valence-electron chi connectivity index (χ1n) is 7.88. The molecule has 0 aliphatic heterocycles. The third kappa shape index (κ3) is 5.55. The van der Waals surface area contributed by atoms with Gasteiger partial charge in [-0.15, -0.1) is 0 Å². The lowest BCUT2D eigenvalue weighted by molar-refractivity contribution is 0.217. The lowest BCUT2D eigenvalue weighted by Gasteiger charge is -2.31. The van der Waals surface area contributed by atoms with Crippen molar-refractivity contribution in [1.29, 1.82) is 0 Å². The van der Waals surface area contributed by atoms with Crippen molar-refractivity contribution in [1.82, 2.24) is 14.9 Å². The van der Waals surface area contributed by atoms with E-state index in [2.05, 4.69) is 56.8 Å². The predicted octanol–water partition coefficient (Wildman–Crippen LogP) is 3.43. The SMILES string of the molecule is CN(C)CC1CCC(CCN(C)c2ncc(Br)cn2)CC1. The molecule has 1 fully saturated rings. The molecular weight excluding hydrogens is 328 g/mol. The van der Waals surface area contributed by atoms with E-state index < -0.39 is 0 Å². The molecule has 1 aromatic rings. The summed E-state index contributed by atoms with van der Waals surface area (Å²) in [7, 11) is 6.44. The van der Waals surface area contributed by atoms with Gasteiger partial charge in [0.05, 0.1) is 4.47 Å². The molecule has 1 saturated carbocycles. The fourth-order valence-electron chi connectivity index (χ4n) is 3.20. The predicted molar refractivity (Wildman–Crippen MR) is 91.6 cm³/mol. The summed E-state index contributed by atoms with van der Waals surface area (Å²) in [6.07, 6.45) is 10.4. The Morgan fingerprint density at radius 2 is 1.62 bits per heavy atom. The lowest BCUT2D eigenvalue weighted by atomic mass is 9.80. The van der Waals surface area contributed by atoms with Crippen molar-refractivity contribution in [2.75, 3.05) is 39.1 Å². The van der Waals surface area contributed by atoms with Gasteiger partial charge in [0.1, 0.15) is 0 Å². The van der Waals surface area contributed by atoms with Gasteiger partial charge in [0.25, 0.3) is 0 Å². The Bertz CT molecular complexity index is 413. The summed E-state index contributed by atoms with van der Waals surface area (Å²) in [5.74, 6) is 2.60. The van der Waals surface area contributed by atoms with Crippen LogP contribution in [0.5, 0.6) is 0 Å². The maximum atomic E-state index is 4.35. The minimum Gasteiger partial charge on any atom is -0.344 e. The van der Waals surface area contributed by atoms with Gasteiger partial charge >= 0.3 is 0 Å². The summed E-state index contributed by atoms with van der Waals surface area (Å²) < 4.78 is 0.930. The number of aromatic nitrogens is 2. The summed E-state index contributed by atoms with van der Waals surface area (Å²) >= 11 is 3.37. The molecule has 4 nitrogen and oxygen atoms in total. The minimum absolute atomic E-state index is 0.819. The van der Waals surface area contributed by atoms with E-state index in [9.17, 15) is 0 Å². The van der Waals surface area contributed by atoms with E-state index in [1.54, 1.807) is 0 Å². The van der Waals surface area contributed by atoms with Crippen LogP contribution in [0.4, 0.5) is 5.95 Å². The third-order valence-electron chi connectivity index (χ3n) is 4.41. The standard InChI is InChI=1S/C16H27BrN4/c1-20(2)12-14-6-4-13(5-7-14)8-9-21(3)16-18-10-15(17)11-19-16/h10-11,13-14H,4-9,12H2,1-3H3. The Kier molecular flexibility index (Phi) is 6.42. The highest BCUT2D eigenvalue weighted by molar-refractivity contribution is 9.10. The van der Waals surface area contributed by atoms with Gasteiger partial charge in [0.2, 0.25) is 5.95 Å². The van der Waals surface area contributed by atoms with Crippen LogP contribution in [-0.4, -0.2) is 49.1 Å². The van der Waals surface area contributed by atoms with Crippen molar-refractivity contribution in [3.8, 4) is 0 Å². The highest BCUT2D eigenvalue weighted by atomic mass is 79.9. The van der Waals surface area contributed by atoms with E-state index in [1.807, 2.05) is 12.4 Å². The number of hydrogen-bond acceptors (Lipinski definition) is 4. The van der Waals surface area contributed by atoms with E-state index in [1.165, 1.54) is 38.6 Å². The third-order valence-corrected chi connectivity index (χ3v) is 4.82. The van der Waals surface area contributed by atoms with Crippen molar-refractivity contribution in [2.24, 2.45) is 11.8 Å². The maximum absolute atomic E-state index is 4.35. The van der Waals surface area contributed by atoms with Crippen molar-refractivity contribution in [2.45, 2.75) is 32.1 Å². The van der Waals surface area contributed by atoms with E-state index in [4.69, 9.17) is 0 Å². The van der Waals surface area contributed by atoms with E-state index in [0.29, 0.717) is 0 Å². The van der Waals surface area contributed by atoms with Crippen LogP contribution in [0, 0.1) is 11.8 Å². The number of anilines is 1. The monoisotopic (exact) mass is 354 g/mol. The molecule has 0 atom stereocenters. The van der Waals surface area contributed by atoms with Crippen LogP contribution in [0.2, 0.25) is 0 Å². The highest BCUT2D eigenvalue weighted by Gasteiger charge is 2.21. The minimum atomic E-state index is 0.819. The van der Waals surface area contributed by atoms with Gasteiger partial charge in [0, 0.05) is 32.5 Å². The first kappa shape index (κ1) is 16.7. The summed E-state index contributed by atoms with van der Waals surface area (Å²) in [5.41, 5.74) is 0. The second-order valence-electron chi connectivity index (χ2n) is 6.56. The molecule has 1 aliphatic carbocycles. The molecule has 0 bridgehead atoms. The van der Waals surface area contributed by atoms with E-state index >= 15 is 0 Å². The number of nitrogens with zero attached hydrogens (tertiary/aromatic N) is 4. The molecule has 0 amide bonds.